The lowest BCUT2D eigenvalue weighted by molar-refractivity contribution is 0.273. The van der Waals surface area contributed by atoms with Crippen LogP contribution in [0, 0.1) is 5.82 Å². The molecule has 0 radical (unpaired) electrons. The summed E-state index contributed by atoms with van der Waals surface area (Å²) in [6.07, 6.45) is 1.88. The average Bonchev–Trinajstić information content (AvgIpc) is 2.57. The smallest absolute Gasteiger partial charge is 0.132 e. The lowest BCUT2D eigenvalue weighted by Gasteiger charge is -2.05. The van der Waals surface area contributed by atoms with Crippen molar-refractivity contribution in [2.24, 2.45) is 7.05 Å². The Morgan fingerprint density at radius 3 is 2.87 bits per heavy atom. The van der Waals surface area contributed by atoms with Gasteiger partial charge < -0.3 is 9.67 Å². The van der Waals surface area contributed by atoms with E-state index in [4.69, 9.17) is 5.11 Å². The number of aliphatic hydroxyl groups excluding tert-OH is 1. The monoisotopic (exact) mass is 207 g/mol. The van der Waals surface area contributed by atoms with Crippen LogP contribution in [0.4, 0.5) is 4.39 Å². The molecule has 1 N–H and O–H groups in total. The molecule has 15 heavy (non-hydrogen) atoms. The molecule has 2 rings (SSSR count). The number of aromatic nitrogens is 1. The van der Waals surface area contributed by atoms with Crippen molar-refractivity contribution in [3.63, 3.8) is 0 Å². The van der Waals surface area contributed by atoms with Crippen LogP contribution in [0.25, 0.3) is 10.9 Å². The number of hydrogen-bond acceptors (Lipinski definition) is 1. The van der Waals surface area contributed by atoms with Crippen LogP contribution in [-0.2, 0) is 7.05 Å². The number of benzene rings is 1. The Kier molecular flexibility index (Phi) is 2.49. The van der Waals surface area contributed by atoms with Crippen molar-refractivity contribution < 1.29 is 9.50 Å². The highest BCUT2D eigenvalue weighted by atomic mass is 19.1. The predicted molar refractivity (Wildman–Crippen MR) is 58.4 cm³/mol. The summed E-state index contributed by atoms with van der Waals surface area (Å²) in [6, 6.07) is 5.03. The van der Waals surface area contributed by atoms with E-state index in [0.29, 0.717) is 5.39 Å². The minimum atomic E-state index is -0.219. The maximum Gasteiger partial charge on any atom is 0.132 e. The summed E-state index contributed by atoms with van der Waals surface area (Å²) >= 11 is 0. The molecule has 0 aliphatic carbocycles. The molecular formula is C12H14FNO. The number of rotatable bonds is 2. The predicted octanol–water partition coefficient (Wildman–Crippen LogP) is 2.41. The van der Waals surface area contributed by atoms with Crippen LogP contribution in [0.5, 0.6) is 0 Å². The largest absolute Gasteiger partial charge is 0.396 e. The second-order valence-electron chi connectivity index (χ2n) is 3.91. The van der Waals surface area contributed by atoms with Gasteiger partial charge in [0.2, 0.25) is 0 Å². The third-order valence-corrected chi connectivity index (χ3v) is 2.80. The fourth-order valence-electron chi connectivity index (χ4n) is 1.91. The van der Waals surface area contributed by atoms with Gasteiger partial charge in [-0.2, -0.15) is 0 Å². The zero-order valence-electron chi connectivity index (χ0n) is 8.87. The summed E-state index contributed by atoms with van der Waals surface area (Å²) in [5, 5.41) is 9.74. The molecule has 0 saturated heterocycles. The molecule has 2 aromatic rings. The third-order valence-electron chi connectivity index (χ3n) is 2.80. The standard InChI is InChI=1S/C12H14FNO/c1-8(7-15)9-6-14(2)11-5-3-4-10(13)12(9)11/h3-6,8,15H,7H2,1-2H3. The maximum atomic E-state index is 13.7. The Labute approximate surface area is 88.0 Å². The highest BCUT2D eigenvalue weighted by Gasteiger charge is 2.15. The molecule has 1 heterocycles. The van der Waals surface area contributed by atoms with E-state index in [0.717, 1.165) is 11.1 Å². The second-order valence-corrected chi connectivity index (χ2v) is 3.91. The van der Waals surface area contributed by atoms with Gasteiger partial charge in [-0.05, 0) is 17.7 Å². The Bertz CT molecular complexity index is 490. The fraction of sp³-hybridized carbons (Fsp3) is 0.333. The van der Waals surface area contributed by atoms with E-state index in [1.165, 1.54) is 6.07 Å². The summed E-state index contributed by atoms with van der Waals surface area (Å²) in [5.74, 6) is -0.256. The summed E-state index contributed by atoms with van der Waals surface area (Å²) in [6.45, 7) is 1.93. The number of fused-ring (bicyclic) bond motifs is 1. The first kappa shape index (κ1) is 10.2. The Morgan fingerprint density at radius 1 is 1.47 bits per heavy atom. The van der Waals surface area contributed by atoms with E-state index in [9.17, 15) is 4.39 Å². The molecule has 2 nitrogen and oxygen atoms in total. The molecule has 0 amide bonds. The molecule has 1 atom stereocenters. The zero-order chi connectivity index (χ0) is 11.0. The molecule has 0 bridgehead atoms. The molecule has 1 aromatic carbocycles. The molecule has 1 unspecified atom stereocenters. The minimum absolute atomic E-state index is 0.0352. The molecule has 0 fully saturated rings. The number of halogens is 1. The molecule has 0 spiro atoms. The van der Waals surface area contributed by atoms with E-state index in [1.54, 1.807) is 6.07 Å². The first-order valence-corrected chi connectivity index (χ1v) is 4.99. The first-order valence-electron chi connectivity index (χ1n) is 4.99. The number of aryl methyl sites for hydroxylation is 1. The highest BCUT2D eigenvalue weighted by molar-refractivity contribution is 5.85. The summed E-state index contributed by atoms with van der Waals surface area (Å²) in [4.78, 5) is 0. The van der Waals surface area contributed by atoms with Crippen LogP contribution < -0.4 is 0 Å². The van der Waals surface area contributed by atoms with Gasteiger partial charge in [0.25, 0.3) is 0 Å². The van der Waals surface area contributed by atoms with Gasteiger partial charge in [0.15, 0.2) is 0 Å². The average molecular weight is 207 g/mol. The first-order chi connectivity index (χ1) is 7.15. The summed E-state index contributed by atoms with van der Waals surface area (Å²) < 4.78 is 15.6. The van der Waals surface area contributed by atoms with Gasteiger partial charge in [0.05, 0.1) is 5.52 Å². The number of nitrogens with zero attached hydrogens (tertiary/aromatic N) is 1. The molecule has 3 heteroatoms. The van der Waals surface area contributed by atoms with Crippen LogP contribution in [0.2, 0.25) is 0 Å². The molecule has 0 aliphatic rings. The van der Waals surface area contributed by atoms with Crippen LogP contribution in [-0.4, -0.2) is 16.3 Å². The van der Waals surface area contributed by atoms with Gasteiger partial charge in [-0.25, -0.2) is 4.39 Å². The highest BCUT2D eigenvalue weighted by Crippen LogP contribution is 2.28. The molecule has 0 saturated carbocycles. The normalized spacial score (nSPS) is 13.3. The van der Waals surface area contributed by atoms with Crippen molar-refractivity contribution in [3.8, 4) is 0 Å². The SMILES string of the molecule is CC(CO)c1cn(C)c2cccc(F)c12. The zero-order valence-corrected chi connectivity index (χ0v) is 8.87. The van der Waals surface area contributed by atoms with Crippen molar-refractivity contribution >= 4 is 10.9 Å². The van der Waals surface area contributed by atoms with Crippen LogP contribution in [0.3, 0.4) is 0 Å². The maximum absolute atomic E-state index is 13.7. The molecule has 1 aromatic heterocycles. The minimum Gasteiger partial charge on any atom is -0.396 e. The molecule has 80 valence electrons. The van der Waals surface area contributed by atoms with Gasteiger partial charge >= 0.3 is 0 Å². The fourth-order valence-corrected chi connectivity index (χ4v) is 1.91. The molecular weight excluding hydrogens is 193 g/mol. The van der Waals surface area contributed by atoms with Gasteiger partial charge in [-0.3, -0.25) is 0 Å². The quantitative estimate of drug-likeness (QED) is 0.803. The van der Waals surface area contributed by atoms with Gasteiger partial charge in [-0.15, -0.1) is 0 Å². The lowest BCUT2D eigenvalue weighted by Crippen LogP contribution is -1.98. The third kappa shape index (κ3) is 1.53. The van der Waals surface area contributed by atoms with Crippen molar-refractivity contribution in [1.29, 1.82) is 0 Å². The van der Waals surface area contributed by atoms with E-state index in [2.05, 4.69) is 0 Å². The van der Waals surface area contributed by atoms with Crippen molar-refractivity contribution in [2.45, 2.75) is 12.8 Å². The second kappa shape index (κ2) is 3.66. The van der Waals surface area contributed by atoms with Crippen molar-refractivity contribution in [2.75, 3.05) is 6.61 Å². The van der Waals surface area contributed by atoms with E-state index < -0.39 is 0 Å². The summed E-state index contributed by atoms with van der Waals surface area (Å²) in [7, 11) is 1.88. The van der Waals surface area contributed by atoms with Gasteiger partial charge in [0.1, 0.15) is 5.82 Å². The summed E-state index contributed by atoms with van der Waals surface area (Å²) in [5.41, 5.74) is 1.73. The van der Waals surface area contributed by atoms with E-state index in [-0.39, 0.29) is 18.3 Å². The Morgan fingerprint density at radius 2 is 2.20 bits per heavy atom. The Hall–Kier alpha value is -1.35. The molecule has 0 aliphatic heterocycles. The van der Waals surface area contributed by atoms with E-state index >= 15 is 0 Å². The topological polar surface area (TPSA) is 25.2 Å². The lowest BCUT2D eigenvalue weighted by atomic mass is 10.0. The van der Waals surface area contributed by atoms with Crippen LogP contribution in [0.15, 0.2) is 24.4 Å². The number of hydrogen-bond donors (Lipinski definition) is 1. The van der Waals surface area contributed by atoms with Crippen molar-refractivity contribution in [3.05, 3.63) is 35.8 Å². The Balaban J connectivity index is 2.75. The number of aliphatic hydroxyl groups is 1. The van der Waals surface area contributed by atoms with Gasteiger partial charge in [0, 0.05) is 31.2 Å². The van der Waals surface area contributed by atoms with Crippen LogP contribution >= 0.6 is 0 Å². The van der Waals surface area contributed by atoms with Crippen molar-refractivity contribution in [1.82, 2.24) is 4.57 Å². The van der Waals surface area contributed by atoms with Gasteiger partial charge in [-0.1, -0.05) is 13.0 Å². The van der Waals surface area contributed by atoms with Crippen LogP contribution in [0.1, 0.15) is 18.4 Å². The van der Waals surface area contributed by atoms with E-state index in [1.807, 2.05) is 30.8 Å².